The first-order chi connectivity index (χ1) is 10.2. The Morgan fingerprint density at radius 3 is 2.48 bits per heavy atom. The molecule has 0 unspecified atom stereocenters. The number of benzene rings is 2. The molecule has 0 amide bonds. The van der Waals surface area contributed by atoms with Crippen LogP contribution in [0, 0.1) is 0 Å². The number of para-hydroxylation sites is 1. The molecule has 0 spiro atoms. The van der Waals surface area contributed by atoms with E-state index in [1.807, 2.05) is 36.4 Å². The van der Waals surface area contributed by atoms with Crippen molar-refractivity contribution >= 4 is 11.0 Å². The van der Waals surface area contributed by atoms with Crippen molar-refractivity contribution in [3.8, 4) is 22.6 Å². The van der Waals surface area contributed by atoms with Crippen LogP contribution in [0.3, 0.4) is 0 Å². The summed E-state index contributed by atoms with van der Waals surface area (Å²) in [5.41, 5.74) is 1.71. The van der Waals surface area contributed by atoms with Crippen molar-refractivity contribution in [3.05, 3.63) is 59.0 Å². The number of hydrogen-bond donors (Lipinski definition) is 0. The third-order valence-corrected chi connectivity index (χ3v) is 3.35. The van der Waals surface area contributed by atoms with Crippen LogP contribution in [0.5, 0.6) is 11.5 Å². The molecule has 0 fully saturated rings. The summed E-state index contributed by atoms with van der Waals surface area (Å²) >= 11 is 0. The Balaban J connectivity index is 2.34. The minimum absolute atomic E-state index is 0.406. The predicted molar refractivity (Wildman–Crippen MR) is 81.0 cm³/mol. The first-order valence-corrected chi connectivity index (χ1v) is 6.48. The van der Waals surface area contributed by atoms with Crippen molar-refractivity contribution in [2.75, 3.05) is 14.2 Å². The molecule has 0 radical (unpaired) electrons. The lowest BCUT2D eigenvalue weighted by Gasteiger charge is -2.10. The first kappa shape index (κ1) is 13.2. The zero-order valence-electron chi connectivity index (χ0n) is 11.8. The molecule has 21 heavy (non-hydrogen) atoms. The smallest absolute Gasteiger partial charge is 0.336 e. The fourth-order valence-corrected chi connectivity index (χ4v) is 2.36. The molecule has 4 nitrogen and oxygen atoms in total. The Morgan fingerprint density at radius 1 is 0.905 bits per heavy atom. The maximum Gasteiger partial charge on any atom is 0.336 e. The van der Waals surface area contributed by atoms with Gasteiger partial charge in [-0.2, -0.15) is 0 Å². The van der Waals surface area contributed by atoms with Gasteiger partial charge in [0.25, 0.3) is 0 Å². The van der Waals surface area contributed by atoms with Gasteiger partial charge < -0.3 is 13.9 Å². The monoisotopic (exact) mass is 282 g/mol. The van der Waals surface area contributed by atoms with Crippen LogP contribution in [-0.4, -0.2) is 14.2 Å². The van der Waals surface area contributed by atoms with E-state index in [4.69, 9.17) is 13.9 Å². The average Bonchev–Trinajstić information content (AvgIpc) is 2.53. The van der Waals surface area contributed by atoms with Crippen molar-refractivity contribution in [2.24, 2.45) is 0 Å². The predicted octanol–water partition coefficient (Wildman–Crippen LogP) is 3.48. The molecule has 0 aliphatic heterocycles. The zero-order chi connectivity index (χ0) is 14.8. The molecule has 0 saturated carbocycles. The van der Waals surface area contributed by atoms with Gasteiger partial charge in [0.2, 0.25) is 0 Å². The van der Waals surface area contributed by atoms with E-state index in [0.29, 0.717) is 17.1 Å². The van der Waals surface area contributed by atoms with E-state index in [9.17, 15) is 4.79 Å². The van der Waals surface area contributed by atoms with Crippen LogP contribution in [0.4, 0.5) is 0 Å². The van der Waals surface area contributed by atoms with Gasteiger partial charge in [-0.25, -0.2) is 4.79 Å². The molecule has 106 valence electrons. The average molecular weight is 282 g/mol. The van der Waals surface area contributed by atoms with Gasteiger partial charge >= 0.3 is 5.63 Å². The Hall–Kier alpha value is -2.75. The van der Waals surface area contributed by atoms with E-state index in [-0.39, 0.29) is 0 Å². The van der Waals surface area contributed by atoms with E-state index in [0.717, 1.165) is 16.5 Å². The highest BCUT2D eigenvalue weighted by Gasteiger charge is 2.12. The summed E-state index contributed by atoms with van der Waals surface area (Å²) in [5.74, 6) is 1.35. The molecule has 0 aliphatic rings. The maximum absolute atomic E-state index is 11.8. The van der Waals surface area contributed by atoms with Crippen LogP contribution in [0.1, 0.15) is 0 Å². The molecule has 2 aromatic carbocycles. The Kier molecular flexibility index (Phi) is 3.36. The summed E-state index contributed by atoms with van der Waals surface area (Å²) in [6.07, 6.45) is 0. The molecule has 0 atom stereocenters. The Morgan fingerprint density at radius 2 is 1.71 bits per heavy atom. The lowest BCUT2D eigenvalue weighted by molar-refractivity contribution is 0.414. The van der Waals surface area contributed by atoms with Gasteiger partial charge in [-0.3, -0.25) is 0 Å². The molecule has 1 aromatic heterocycles. The van der Waals surface area contributed by atoms with Crippen LogP contribution >= 0.6 is 0 Å². The van der Waals surface area contributed by atoms with Crippen LogP contribution in [0.15, 0.2) is 57.7 Å². The molecule has 0 N–H and O–H groups in total. The van der Waals surface area contributed by atoms with E-state index in [1.165, 1.54) is 6.07 Å². The number of ether oxygens (including phenoxy) is 2. The second-order valence-electron chi connectivity index (χ2n) is 4.54. The van der Waals surface area contributed by atoms with Crippen molar-refractivity contribution in [3.63, 3.8) is 0 Å². The van der Waals surface area contributed by atoms with Crippen molar-refractivity contribution in [1.82, 2.24) is 0 Å². The van der Waals surface area contributed by atoms with Crippen molar-refractivity contribution in [2.45, 2.75) is 0 Å². The van der Waals surface area contributed by atoms with Gasteiger partial charge in [-0.15, -0.1) is 0 Å². The van der Waals surface area contributed by atoms with Gasteiger partial charge in [-0.05, 0) is 18.2 Å². The van der Waals surface area contributed by atoms with Crippen LogP contribution in [0.25, 0.3) is 22.1 Å². The van der Waals surface area contributed by atoms with E-state index in [2.05, 4.69) is 0 Å². The van der Waals surface area contributed by atoms with Crippen LogP contribution in [-0.2, 0) is 0 Å². The molecular formula is C17H14O4. The van der Waals surface area contributed by atoms with Crippen molar-refractivity contribution in [1.29, 1.82) is 0 Å². The number of fused-ring (bicyclic) bond motifs is 1. The largest absolute Gasteiger partial charge is 0.497 e. The molecule has 0 saturated heterocycles. The van der Waals surface area contributed by atoms with Gasteiger partial charge in [0.05, 0.1) is 14.2 Å². The topological polar surface area (TPSA) is 48.7 Å². The maximum atomic E-state index is 11.8. The van der Waals surface area contributed by atoms with Crippen molar-refractivity contribution < 1.29 is 13.9 Å². The molecule has 3 aromatic rings. The summed E-state index contributed by atoms with van der Waals surface area (Å²) in [6, 6.07) is 14.5. The lowest BCUT2D eigenvalue weighted by atomic mass is 10.0. The first-order valence-electron chi connectivity index (χ1n) is 6.48. The van der Waals surface area contributed by atoms with Crippen LogP contribution < -0.4 is 15.1 Å². The molecule has 4 heteroatoms. The van der Waals surface area contributed by atoms with E-state index in [1.54, 1.807) is 20.3 Å². The van der Waals surface area contributed by atoms with Gasteiger partial charge in [0, 0.05) is 28.6 Å². The molecule has 0 bridgehead atoms. The highest BCUT2D eigenvalue weighted by molar-refractivity contribution is 5.95. The minimum Gasteiger partial charge on any atom is -0.497 e. The molecule has 0 aliphatic carbocycles. The quantitative estimate of drug-likeness (QED) is 0.690. The summed E-state index contributed by atoms with van der Waals surface area (Å²) in [5, 5.41) is 0.833. The van der Waals surface area contributed by atoms with E-state index < -0.39 is 5.63 Å². The number of methoxy groups -OCH3 is 2. The highest BCUT2D eigenvalue weighted by Crippen LogP contribution is 2.34. The van der Waals surface area contributed by atoms with Gasteiger partial charge in [-0.1, -0.05) is 18.2 Å². The molecule has 1 heterocycles. The number of rotatable bonds is 3. The normalized spacial score (nSPS) is 10.6. The third-order valence-electron chi connectivity index (χ3n) is 3.35. The summed E-state index contributed by atoms with van der Waals surface area (Å²) in [7, 11) is 3.18. The number of hydrogen-bond acceptors (Lipinski definition) is 4. The fourth-order valence-electron chi connectivity index (χ4n) is 2.36. The molecule has 3 rings (SSSR count). The highest BCUT2D eigenvalue weighted by atomic mass is 16.5. The van der Waals surface area contributed by atoms with E-state index >= 15 is 0 Å². The van der Waals surface area contributed by atoms with Gasteiger partial charge in [0.15, 0.2) is 0 Å². The van der Waals surface area contributed by atoms with Gasteiger partial charge in [0.1, 0.15) is 17.1 Å². The second-order valence-corrected chi connectivity index (χ2v) is 4.54. The minimum atomic E-state index is -0.406. The standard InChI is InChI=1S/C17H14O4/c1-19-11-7-8-13-14(10-17(18)21-16(13)9-11)12-5-3-4-6-15(12)20-2/h3-10H,1-2H3. The second kappa shape index (κ2) is 5.32. The van der Waals surface area contributed by atoms with Crippen LogP contribution in [0.2, 0.25) is 0 Å². The summed E-state index contributed by atoms with van der Waals surface area (Å²) < 4.78 is 15.8. The zero-order valence-corrected chi connectivity index (χ0v) is 11.8. The Labute approximate surface area is 121 Å². The summed E-state index contributed by atoms with van der Waals surface area (Å²) in [4.78, 5) is 11.8. The lowest BCUT2D eigenvalue weighted by Crippen LogP contribution is -1.99. The summed E-state index contributed by atoms with van der Waals surface area (Å²) in [6.45, 7) is 0. The third kappa shape index (κ3) is 2.36. The molecular weight excluding hydrogens is 268 g/mol. The Bertz CT molecular complexity index is 849. The fraction of sp³-hybridized carbons (Fsp3) is 0.118. The SMILES string of the molecule is COc1ccc2c(-c3ccccc3OC)cc(=O)oc2c1.